The second-order valence-electron chi connectivity index (χ2n) is 9.86. The van der Waals surface area contributed by atoms with Crippen molar-refractivity contribution in [2.45, 2.75) is 49.2 Å². The molecule has 0 aliphatic carbocycles. The minimum atomic E-state index is -4.91. The number of aromatic amines is 1. The number of hydrogen-bond acceptors (Lipinski definition) is 15. The van der Waals surface area contributed by atoms with Crippen LogP contribution in [-0.2, 0) is 33.0 Å². The third-order valence-corrected chi connectivity index (χ3v) is 9.27. The fourth-order valence-corrected chi connectivity index (χ4v) is 7.18. The highest BCUT2D eigenvalue weighted by Gasteiger charge is 2.54. The number of alkyl halides is 2. The summed E-state index contributed by atoms with van der Waals surface area (Å²) >= 11 is 0. The molecular formula is C19H21F2N12O9PS. The number of nitrogen functional groups attached to an aromatic ring is 1. The summed E-state index contributed by atoms with van der Waals surface area (Å²) in [7, 11) is -9.69. The Morgan fingerprint density at radius 3 is 2.59 bits per heavy atom. The summed E-state index contributed by atoms with van der Waals surface area (Å²) in [6.07, 6.45) is -11.2. The molecule has 25 heteroatoms. The monoisotopic (exact) mass is 662 g/mol. The van der Waals surface area contributed by atoms with Crippen LogP contribution in [0.15, 0.2) is 23.8 Å². The zero-order chi connectivity index (χ0) is 31.0. The molecule has 4 aromatic heterocycles. The Hall–Kier alpha value is -3.61. The third-order valence-electron chi connectivity index (χ3n) is 7.16. The zero-order valence-electron chi connectivity index (χ0n) is 21.7. The smallest absolute Gasteiger partial charge is 0.382 e. The van der Waals surface area contributed by atoms with Crippen LogP contribution in [-0.4, -0.2) is 108 Å². The van der Waals surface area contributed by atoms with Gasteiger partial charge in [-0.2, -0.15) is 17.8 Å². The van der Waals surface area contributed by atoms with Crippen molar-refractivity contribution in [1.29, 1.82) is 0 Å². The summed E-state index contributed by atoms with van der Waals surface area (Å²) in [6, 6.07) is 0. The fourth-order valence-electron chi connectivity index (χ4n) is 5.15. The standard InChI is InChI=1S/C19H21F2N12O9PS/c20-8-12-7(40-19(8)33-16-11(30-31-33)17(34)26-4-25-16)2-29-44(37,38)42-13-6(1-28-43(35,36)41-12)39-18(9(13)21)32-5-27-10-14(22)23-3-24-15(10)32/h3-9,12-13,18-19,29H,1-2H2,(H2,22,23,24)(H,25,26,34)(H2,28,35,36)/t6-,7-,8-,9-,12-,13-,18-,19-/m1/s1. The number of anilines is 1. The number of ether oxygens (including phenoxy) is 2. The molecule has 3 saturated heterocycles. The van der Waals surface area contributed by atoms with Crippen molar-refractivity contribution in [3.63, 3.8) is 0 Å². The molecule has 0 amide bonds. The molecule has 3 fully saturated rings. The second kappa shape index (κ2) is 10.5. The topological polar surface area (TPSA) is 278 Å². The number of nitrogens with zero attached hydrogens (tertiary/aromatic N) is 8. The Morgan fingerprint density at radius 1 is 1.02 bits per heavy atom. The van der Waals surface area contributed by atoms with Crippen LogP contribution in [0.1, 0.15) is 12.5 Å². The summed E-state index contributed by atoms with van der Waals surface area (Å²) in [6.45, 7) is -1.45. The molecule has 0 spiro atoms. The first kappa shape index (κ1) is 29.1. The third kappa shape index (κ3) is 4.93. The van der Waals surface area contributed by atoms with E-state index in [0.717, 1.165) is 28.2 Å². The average Bonchev–Trinajstić information content (AvgIpc) is 3.73. The summed E-state index contributed by atoms with van der Waals surface area (Å²) in [5.41, 5.74) is 4.89. The maximum absolute atomic E-state index is 15.8. The predicted octanol–water partition coefficient (Wildman–Crippen LogP) is -2.28. The Kier molecular flexibility index (Phi) is 6.94. The molecule has 9 atom stereocenters. The van der Waals surface area contributed by atoms with E-state index in [0.29, 0.717) is 0 Å². The molecule has 21 nitrogen and oxygen atoms in total. The highest BCUT2D eigenvalue weighted by molar-refractivity contribution is 7.84. The molecule has 7 heterocycles. The van der Waals surface area contributed by atoms with Crippen LogP contribution in [0.5, 0.6) is 0 Å². The van der Waals surface area contributed by atoms with Crippen LogP contribution in [0.4, 0.5) is 14.6 Å². The van der Waals surface area contributed by atoms with Crippen molar-refractivity contribution >= 4 is 46.2 Å². The number of hydrogen-bond donors (Lipinski definition) is 5. The van der Waals surface area contributed by atoms with Gasteiger partial charge in [0.05, 0.1) is 12.7 Å². The van der Waals surface area contributed by atoms with E-state index in [-0.39, 0.29) is 28.1 Å². The van der Waals surface area contributed by atoms with Crippen molar-refractivity contribution in [3.8, 4) is 0 Å². The van der Waals surface area contributed by atoms with Crippen LogP contribution in [0.2, 0.25) is 0 Å². The van der Waals surface area contributed by atoms with Gasteiger partial charge in [0.25, 0.3) is 5.56 Å². The maximum Gasteiger partial charge on any atom is 0.403 e. The molecular weight excluding hydrogens is 641 g/mol. The van der Waals surface area contributed by atoms with Crippen molar-refractivity contribution < 1.29 is 44.8 Å². The average molecular weight is 662 g/mol. The van der Waals surface area contributed by atoms with Crippen molar-refractivity contribution in [2.24, 2.45) is 0 Å². The summed E-state index contributed by atoms with van der Waals surface area (Å²) in [5, 5.41) is 9.49. The lowest BCUT2D eigenvalue weighted by molar-refractivity contribution is -0.0278. The van der Waals surface area contributed by atoms with E-state index in [1.807, 2.05) is 4.72 Å². The Labute approximate surface area is 242 Å². The van der Waals surface area contributed by atoms with Gasteiger partial charge in [0.1, 0.15) is 36.3 Å². The molecule has 1 unspecified atom stereocenters. The summed E-state index contributed by atoms with van der Waals surface area (Å²) in [4.78, 5) is 40.6. The molecule has 0 saturated carbocycles. The number of H-pyrrole nitrogens is 1. The molecule has 0 aromatic carbocycles. The van der Waals surface area contributed by atoms with Crippen LogP contribution in [0.25, 0.3) is 22.3 Å². The molecule has 4 aromatic rings. The minimum absolute atomic E-state index is 0.000174. The lowest BCUT2D eigenvalue weighted by Crippen LogP contribution is -2.46. The van der Waals surface area contributed by atoms with Crippen LogP contribution >= 0.6 is 7.75 Å². The zero-order valence-corrected chi connectivity index (χ0v) is 23.5. The number of nitrogens with one attached hydrogen (secondary N) is 3. The molecule has 0 radical (unpaired) electrons. The van der Waals surface area contributed by atoms with Crippen molar-refractivity contribution in [2.75, 3.05) is 18.8 Å². The summed E-state index contributed by atoms with van der Waals surface area (Å²) in [5.74, 6) is -0.000174. The normalized spacial score (nSPS) is 36.1. The molecule has 3 aliphatic heterocycles. The van der Waals surface area contributed by atoms with E-state index in [9.17, 15) is 22.7 Å². The molecule has 7 rings (SSSR count). The lowest BCUT2D eigenvalue weighted by atomic mass is 10.1. The number of fused-ring (bicyclic) bond motifs is 4. The maximum atomic E-state index is 15.8. The van der Waals surface area contributed by atoms with Gasteiger partial charge < -0.3 is 25.1 Å². The Balaban J connectivity index is 1.17. The van der Waals surface area contributed by atoms with Gasteiger partial charge in [0.15, 0.2) is 47.4 Å². The van der Waals surface area contributed by atoms with Crippen molar-refractivity contribution in [3.05, 3.63) is 29.3 Å². The highest BCUT2D eigenvalue weighted by atomic mass is 32.2. The summed E-state index contributed by atoms with van der Waals surface area (Å²) < 4.78 is 96.2. The van der Waals surface area contributed by atoms with Gasteiger partial charge in [-0.3, -0.25) is 13.9 Å². The van der Waals surface area contributed by atoms with Gasteiger partial charge in [0, 0.05) is 13.1 Å². The first-order chi connectivity index (χ1) is 20.9. The van der Waals surface area contributed by atoms with Gasteiger partial charge in [0.2, 0.25) is 0 Å². The fraction of sp³-hybridized carbons (Fsp3) is 0.526. The van der Waals surface area contributed by atoms with Gasteiger partial charge in [-0.05, 0) is 0 Å². The van der Waals surface area contributed by atoms with Gasteiger partial charge in [-0.25, -0.2) is 42.6 Å². The number of nitrogens with two attached hydrogens (primary N) is 1. The lowest BCUT2D eigenvalue weighted by Gasteiger charge is -2.26. The van der Waals surface area contributed by atoms with Crippen LogP contribution in [0.3, 0.4) is 0 Å². The minimum Gasteiger partial charge on any atom is -0.382 e. The van der Waals surface area contributed by atoms with Gasteiger partial charge >= 0.3 is 18.1 Å². The number of aromatic nitrogens is 9. The Bertz CT molecular complexity index is 1960. The first-order valence-corrected chi connectivity index (χ1v) is 15.7. The Morgan fingerprint density at radius 2 is 1.77 bits per heavy atom. The molecule has 6 N–H and O–H groups in total. The van der Waals surface area contributed by atoms with Crippen LogP contribution < -0.4 is 21.1 Å². The van der Waals surface area contributed by atoms with Crippen LogP contribution in [0, 0.1) is 0 Å². The van der Waals surface area contributed by atoms with E-state index < -0.39 is 85.9 Å². The van der Waals surface area contributed by atoms with E-state index in [1.165, 1.54) is 0 Å². The molecule has 3 aliphatic rings. The molecule has 236 valence electrons. The molecule has 44 heavy (non-hydrogen) atoms. The van der Waals surface area contributed by atoms with Gasteiger partial charge in [-0.1, -0.05) is 5.21 Å². The van der Waals surface area contributed by atoms with E-state index in [1.54, 1.807) is 0 Å². The number of rotatable bonds is 2. The van der Waals surface area contributed by atoms with Gasteiger partial charge in [-0.15, -0.1) is 5.10 Å². The highest BCUT2D eigenvalue weighted by Crippen LogP contribution is 2.46. The molecule has 0 bridgehead atoms. The number of halogens is 2. The van der Waals surface area contributed by atoms with E-state index >= 15 is 8.78 Å². The quantitative estimate of drug-likeness (QED) is 0.141. The first-order valence-electron chi connectivity index (χ1n) is 12.7. The van der Waals surface area contributed by atoms with E-state index in [2.05, 4.69) is 40.3 Å². The predicted molar refractivity (Wildman–Crippen MR) is 138 cm³/mol. The SMILES string of the molecule is Nc1ncnc2c1ncn2[C@@H]1O[C@@H]2CNP(=O)(O)O[C@H]3[C@@H](F)[C@H](n4nnc5c(=O)[nH]cnc54)O[C@@H]3CNS(=O)(=O)O[C@H]2[C@H]1F. The largest absolute Gasteiger partial charge is 0.403 e. The van der Waals surface area contributed by atoms with Crippen molar-refractivity contribution in [1.82, 2.24) is 54.3 Å². The van der Waals surface area contributed by atoms with E-state index in [4.69, 9.17) is 23.9 Å². The second-order valence-corrected chi connectivity index (χ2v) is 12.8. The number of imidazole rings is 1.